The number of ether oxygens (including phenoxy) is 1. The molecule has 0 saturated carbocycles. The minimum atomic E-state index is -0.124. The van der Waals surface area contributed by atoms with Gasteiger partial charge in [-0.2, -0.15) is 0 Å². The molecule has 0 aliphatic carbocycles. The molecule has 1 fully saturated rings. The predicted molar refractivity (Wildman–Crippen MR) is 83.3 cm³/mol. The molecule has 1 amide bonds. The molecule has 1 heterocycles. The minimum Gasteiger partial charge on any atom is -0.469 e. The summed E-state index contributed by atoms with van der Waals surface area (Å²) >= 11 is 0. The van der Waals surface area contributed by atoms with E-state index >= 15 is 0 Å². The molecule has 5 heteroatoms. The Hall–Kier alpha value is -1.88. The van der Waals surface area contributed by atoms with Crippen LogP contribution in [0.15, 0.2) is 30.3 Å². The van der Waals surface area contributed by atoms with Crippen molar-refractivity contribution in [2.24, 2.45) is 5.92 Å². The molecule has 0 unspecified atom stereocenters. The Balaban J connectivity index is 1.75. The third-order valence-electron chi connectivity index (χ3n) is 4.31. The van der Waals surface area contributed by atoms with Crippen molar-refractivity contribution in [1.82, 2.24) is 5.32 Å². The average molecular weight is 305 g/mol. The molecule has 0 bridgehead atoms. The number of carbonyl (C=O) groups excluding carboxylic acids is 2. The predicted octanol–water partition coefficient (Wildman–Crippen LogP) is 0.332. The van der Waals surface area contributed by atoms with Crippen molar-refractivity contribution in [2.45, 2.75) is 25.8 Å². The van der Waals surface area contributed by atoms with E-state index in [4.69, 9.17) is 4.74 Å². The first kappa shape index (κ1) is 16.5. The van der Waals surface area contributed by atoms with Crippen LogP contribution in [-0.2, 0) is 14.3 Å². The zero-order valence-electron chi connectivity index (χ0n) is 13.3. The topological polar surface area (TPSA) is 59.8 Å². The molecule has 2 rings (SSSR count). The molecule has 0 aromatic heterocycles. The largest absolute Gasteiger partial charge is 0.469 e. The number of carbonyl (C=O) groups is 2. The summed E-state index contributed by atoms with van der Waals surface area (Å²) in [4.78, 5) is 24.9. The summed E-state index contributed by atoms with van der Waals surface area (Å²) in [6.45, 7) is 4.14. The van der Waals surface area contributed by atoms with Crippen molar-refractivity contribution >= 4 is 11.9 Å². The van der Waals surface area contributed by atoms with Crippen LogP contribution >= 0.6 is 0 Å². The van der Waals surface area contributed by atoms with Gasteiger partial charge in [0.05, 0.1) is 32.2 Å². The first-order valence-electron chi connectivity index (χ1n) is 7.86. The second-order valence-corrected chi connectivity index (χ2v) is 5.92. The molecule has 22 heavy (non-hydrogen) atoms. The molecule has 120 valence electrons. The lowest BCUT2D eigenvalue weighted by molar-refractivity contribution is -0.897. The third kappa shape index (κ3) is 4.56. The standard InChI is InChI=1S/C17H24N2O3/c1-13(14-6-4-3-5-7-14)18-16(20)12-19-10-8-15(9-11-19)17(21)22-2/h3-7,13,15H,8-12H2,1-2H3,(H,18,20)/p+1/t13-/m1/s1. The van der Waals surface area contributed by atoms with Gasteiger partial charge in [-0.15, -0.1) is 0 Å². The van der Waals surface area contributed by atoms with Gasteiger partial charge >= 0.3 is 5.97 Å². The number of piperidine rings is 1. The molecule has 1 aromatic carbocycles. The molecule has 0 radical (unpaired) electrons. The molecule has 0 spiro atoms. The lowest BCUT2D eigenvalue weighted by atomic mass is 9.97. The van der Waals surface area contributed by atoms with Gasteiger partial charge in [0.2, 0.25) is 0 Å². The lowest BCUT2D eigenvalue weighted by Gasteiger charge is -2.27. The van der Waals surface area contributed by atoms with Crippen LogP contribution < -0.4 is 10.2 Å². The van der Waals surface area contributed by atoms with Crippen molar-refractivity contribution in [3.05, 3.63) is 35.9 Å². The van der Waals surface area contributed by atoms with Crippen LogP contribution in [0.1, 0.15) is 31.4 Å². The SMILES string of the molecule is COC(=O)C1CC[NH+](CC(=O)N[C@H](C)c2ccccc2)CC1. The number of likely N-dealkylation sites (tertiary alicyclic amines) is 1. The van der Waals surface area contributed by atoms with Crippen LogP contribution in [0.5, 0.6) is 0 Å². The summed E-state index contributed by atoms with van der Waals surface area (Å²) in [7, 11) is 1.43. The van der Waals surface area contributed by atoms with Crippen LogP contribution in [-0.4, -0.2) is 38.6 Å². The zero-order valence-corrected chi connectivity index (χ0v) is 13.3. The number of quaternary nitrogens is 1. The van der Waals surface area contributed by atoms with Crippen molar-refractivity contribution in [3.63, 3.8) is 0 Å². The smallest absolute Gasteiger partial charge is 0.309 e. The van der Waals surface area contributed by atoms with Crippen LogP contribution in [0.2, 0.25) is 0 Å². The number of methoxy groups -OCH3 is 1. The fourth-order valence-electron chi connectivity index (χ4n) is 2.95. The van der Waals surface area contributed by atoms with E-state index in [2.05, 4.69) is 5.32 Å². The van der Waals surface area contributed by atoms with E-state index in [0.717, 1.165) is 31.5 Å². The van der Waals surface area contributed by atoms with Gasteiger partial charge in [0.1, 0.15) is 0 Å². The first-order chi connectivity index (χ1) is 10.6. The quantitative estimate of drug-likeness (QED) is 0.771. The van der Waals surface area contributed by atoms with Crippen LogP contribution in [0.25, 0.3) is 0 Å². The molecule has 1 atom stereocenters. The van der Waals surface area contributed by atoms with Crippen LogP contribution in [0, 0.1) is 5.92 Å². The highest BCUT2D eigenvalue weighted by atomic mass is 16.5. The van der Waals surface area contributed by atoms with E-state index in [-0.39, 0.29) is 23.8 Å². The van der Waals surface area contributed by atoms with Crippen LogP contribution in [0.4, 0.5) is 0 Å². The number of rotatable bonds is 5. The summed E-state index contributed by atoms with van der Waals surface area (Å²) in [5, 5.41) is 3.04. The van der Waals surface area contributed by atoms with Crippen molar-refractivity contribution in [1.29, 1.82) is 0 Å². The van der Waals surface area contributed by atoms with Gasteiger partial charge in [0.25, 0.3) is 5.91 Å². The highest BCUT2D eigenvalue weighted by molar-refractivity contribution is 5.77. The zero-order chi connectivity index (χ0) is 15.9. The molecule has 1 aliphatic heterocycles. The Morgan fingerprint density at radius 2 is 1.91 bits per heavy atom. The lowest BCUT2D eigenvalue weighted by Crippen LogP contribution is -3.14. The molecular weight excluding hydrogens is 280 g/mol. The summed E-state index contributed by atoms with van der Waals surface area (Å²) in [5.41, 5.74) is 1.11. The Labute approximate surface area is 131 Å². The van der Waals surface area contributed by atoms with Crippen LogP contribution in [0.3, 0.4) is 0 Å². The molecule has 1 aromatic rings. The fourth-order valence-corrected chi connectivity index (χ4v) is 2.95. The number of amides is 1. The van der Waals surface area contributed by atoms with Gasteiger partial charge in [0, 0.05) is 12.8 Å². The van der Waals surface area contributed by atoms with Crippen molar-refractivity contribution in [2.75, 3.05) is 26.7 Å². The fraction of sp³-hybridized carbons (Fsp3) is 0.529. The maximum absolute atomic E-state index is 12.1. The highest BCUT2D eigenvalue weighted by Crippen LogP contribution is 2.12. The number of hydrogen-bond donors (Lipinski definition) is 2. The van der Waals surface area contributed by atoms with E-state index in [1.807, 2.05) is 37.3 Å². The van der Waals surface area contributed by atoms with E-state index in [9.17, 15) is 9.59 Å². The molecule has 1 saturated heterocycles. The van der Waals surface area contributed by atoms with E-state index < -0.39 is 0 Å². The summed E-state index contributed by atoms with van der Waals surface area (Å²) in [6, 6.07) is 9.95. The number of hydrogen-bond acceptors (Lipinski definition) is 3. The first-order valence-corrected chi connectivity index (χ1v) is 7.86. The third-order valence-corrected chi connectivity index (χ3v) is 4.31. The Morgan fingerprint density at radius 1 is 1.27 bits per heavy atom. The summed E-state index contributed by atoms with van der Waals surface area (Å²) < 4.78 is 4.78. The summed E-state index contributed by atoms with van der Waals surface area (Å²) in [5.74, 6) is -0.0656. The van der Waals surface area contributed by atoms with E-state index in [1.54, 1.807) is 0 Å². The monoisotopic (exact) mass is 305 g/mol. The number of benzene rings is 1. The van der Waals surface area contributed by atoms with Crippen molar-refractivity contribution < 1.29 is 19.2 Å². The van der Waals surface area contributed by atoms with Gasteiger partial charge in [-0.25, -0.2) is 0 Å². The molecular formula is C17H25N2O3+. The van der Waals surface area contributed by atoms with Gasteiger partial charge in [-0.1, -0.05) is 30.3 Å². The second-order valence-electron chi connectivity index (χ2n) is 5.92. The van der Waals surface area contributed by atoms with Gasteiger partial charge in [-0.3, -0.25) is 9.59 Å². The number of nitrogens with one attached hydrogen (secondary N) is 2. The van der Waals surface area contributed by atoms with Gasteiger partial charge in [0.15, 0.2) is 6.54 Å². The Bertz CT molecular complexity index is 496. The number of esters is 1. The normalized spacial score (nSPS) is 22.6. The summed E-state index contributed by atoms with van der Waals surface area (Å²) in [6.07, 6.45) is 1.59. The molecule has 5 nitrogen and oxygen atoms in total. The minimum absolute atomic E-state index is 0.0000496. The second kappa shape index (κ2) is 7.94. The van der Waals surface area contributed by atoms with E-state index in [1.165, 1.54) is 12.0 Å². The maximum atomic E-state index is 12.1. The highest BCUT2D eigenvalue weighted by Gasteiger charge is 2.29. The molecule has 1 aliphatic rings. The van der Waals surface area contributed by atoms with E-state index in [0.29, 0.717) is 6.54 Å². The molecule has 2 N–H and O–H groups in total. The Morgan fingerprint density at radius 3 is 2.50 bits per heavy atom. The van der Waals surface area contributed by atoms with Crippen molar-refractivity contribution in [3.8, 4) is 0 Å². The average Bonchev–Trinajstić information content (AvgIpc) is 2.55. The Kier molecular flexibility index (Phi) is 5.95. The van der Waals surface area contributed by atoms with Gasteiger partial charge < -0.3 is 15.0 Å². The van der Waals surface area contributed by atoms with Gasteiger partial charge in [-0.05, 0) is 12.5 Å². The maximum Gasteiger partial charge on any atom is 0.309 e.